The number of sulfonamides is 1. The van der Waals surface area contributed by atoms with Crippen molar-refractivity contribution in [3.63, 3.8) is 0 Å². The van der Waals surface area contributed by atoms with Crippen LogP contribution in [0.15, 0.2) is 52.5 Å². The van der Waals surface area contributed by atoms with Crippen molar-refractivity contribution in [2.45, 2.75) is 24.3 Å². The lowest BCUT2D eigenvalue weighted by Crippen LogP contribution is -2.27. The van der Waals surface area contributed by atoms with Crippen LogP contribution < -0.4 is 10.2 Å². The highest BCUT2D eigenvalue weighted by Gasteiger charge is 2.29. The number of nitro benzene ring substituents is 1. The highest BCUT2D eigenvalue weighted by molar-refractivity contribution is 7.89. The zero-order valence-electron chi connectivity index (χ0n) is 15.6. The van der Waals surface area contributed by atoms with Gasteiger partial charge in [0.1, 0.15) is 11.4 Å². The molecule has 1 saturated heterocycles. The molecule has 0 unspecified atom stereocenters. The van der Waals surface area contributed by atoms with E-state index in [0.29, 0.717) is 13.1 Å². The number of ether oxygens (including phenoxy) is 1. The SMILES string of the molecule is O=[N+]([O-])c1cc(S(=O)(=O)N2CCCC2)ccc1NN=Cc1ccccc1OC(F)F. The number of halogens is 2. The fraction of sp³-hybridized carbons (Fsp3) is 0.278. The molecular weight excluding hydrogens is 422 g/mol. The van der Waals surface area contributed by atoms with Crippen LogP contribution in [0.3, 0.4) is 0 Å². The maximum atomic E-state index is 12.6. The Morgan fingerprint density at radius 2 is 1.90 bits per heavy atom. The third kappa shape index (κ3) is 4.89. The van der Waals surface area contributed by atoms with E-state index in [-0.39, 0.29) is 21.9 Å². The summed E-state index contributed by atoms with van der Waals surface area (Å²) in [6.45, 7) is -2.26. The molecule has 2 aromatic carbocycles. The number of benzene rings is 2. The first-order chi connectivity index (χ1) is 14.3. The van der Waals surface area contributed by atoms with Gasteiger partial charge in [0.2, 0.25) is 10.0 Å². The summed E-state index contributed by atoms with van der Waals surface area (Å²) in [5.74, 6) is -0.111. The molecule has 9 nitrogen and oxygen atoms in total. The molecule has 3 rings (SSSR count). The van der Waals surface area contributed by atoms with Gasteiger partial charge in [0.15, 0.2) is 0 Å². The van der Waals surface area contributed by atoms with Crippen LogP contribution in [0.5, 0.6) is 5.75 Å². The van der Waals surface area contributed by atoms with Crippen LogP contribution in [-0.4, -0.2) is 43.6 Å². The minimum absolute atomic E-state index is 0.0520. The zero-order valence-corrected chi connectivity index (χ0v) is 16.4. The number of rotatable bonds is 8. The number of hydrogen-bond donors (Lipinski definition) is 1. The van der Waals surface area contributed by atoms with E-state index in [1.54, 1.807) is 6.07 Å². The highest BCUT2D eigenvalue weighted by atomic mass is 32.2. The lowest BCUT2D eigenvalue weighted by Gasteiger charge is -2.15. The van der Waals surface area contributed by atoms with Crippen LogP contribution in [0.1, 0.15) is 18.4 Å². The summed E-state index contributed by atoms with van der Waals surface area (Å²) in [5, 5.41) is 15.3. The maximum Gasteiger partial charge on any atom is 0.387 e. The van der Waals surface area contributed by atoms with Gasteiger partial charge in [0.05, 0.1) is 16.0 Å². The van der Waals surface area contributed by atoms with E-state index in [1.165, 1.54) is 34.6 Å². The molecule has 0 saturated carbocycles. The second kappa shape index (κ2) is 9.13. The molecule has 1 N–H and O–H groups in total. The van der Waals surface area contributed by atoms with Gasteiger partial charge >= 0.3 is 6.61 Å². The number of anilines is 1. The fourth-order valence-electron chi connectivity index (χ4n) is 2.96. The summed E-state index contributed by atoms with van der Waals surface area (Å²) in [6, 6.07) is 9.36. The van der Waals surface area contributed by atoms with Crippen molar-refractivity contribution in [3.05, 3.63) is 58.1 Å². The molecular formula is C18H18F2N4O5S. The average Bonchev–Trinajstić information content (AvgIpc) is 3.24. The van der Waals surface area contributed by atoms with E-state index < -0.39 is 27.2 Å². The van der Waals surface area contributed by atoms with Crippen LogP contribution in [0, 0.1) is 10.1 Å². The predicted molar refractivity (Wildman–Crippen MR) is 105 cm³/mol. The lowest BCUT2D eigenvalue weighted by molar-refractivity contribution is -0.384. The summed E-state index contributed by atoms with van der Waals surface area (Å²) in [7, 11) is -3.82. The first kappa shape index (κ1) is 21.6. The molecule has 0 bridgehead atoms. The third-order valence-corrected chi connectivity index (χ3v) is 6.29. The first-order valence-electron chi connectivity index (χ1n) is 8.90. The first-order valence-corrected chi connectivity index (χ1v) is 10.3. The largest absolute Gasteiger partial charge is 0.434 e. The van der Waals surface area contributed by atoms with Crippen LogP contribution in [0.25, 0.3) is 0 Å². The van der Waals surface area contributed by atoms with Crippen molar-refractivity contribution in [1.82, 2.24) is 4.31 Å². The molecule has 1 aliphatic heterocycles. The number of nitrogens with one attached hydrogen (secondary N) is 1. The number of hydrazone groups is 1. The van der Waals surface area contributed by atoms with E-state index in [1.807, 2.05) is 0 Å². The number of hydrogen-bond acceptors (Lipinski definition) is 7. The Balaban J connectivity index is 1.83. The molecule has 0 radical (unpaired) electrons. The Kier molecular flexibility index (Phi) is 6.57. The highest BCUT2D eigenvalue weighted by Crippen LogP contribution is 2.30. The van der Waals surface area contributed by atoms with Gasteiger partial charge in [0, 0.05) is 24.7 Å². The lowest BCUT2D eigenvalue weighted by atomic mass is 10.2. The van der Waals surface area contributed by atoms with E-state index in [9.17, 15) is 27.3 Å². The van der Waals surface area contributed by atoms with Gasteiger partial charge in [-0.1, -0.05) is 12.1 Å². The van der Waals surface area contributed by atoms with Crippen molar-refractivity contribution in [2.75, 3.05) is 18.5 Å². The van der Waals surface area contributed by atoms with Gasteiger partial charge in [0.25, 0.3) is 5.69 Å². The number of nitro groups is 1. The average molecular weight is 440 g/mol. The molecule has 1 aliphatic rings. The summed E-state index contributed by atoms with van der Waals surface area (Å²) in [5.41, 5.74) is 2.14. The quantitative estimate of drug-likeness (QED) is 0.382. The van der Waals surface area contributed by atoms with Crippen molar-refractivity contribution >= 4 is 27.6 Å². The topological polar surface area (TPSA) is 114 Å². The molecule has 1 fully saturated rings. The van der Waals surface area contributed by atoms with Crippen LogP contribution in [0.4, 0.5) is 20.2 Å². The minimum atomic E-state index is -3.82. The molecule has 160 valence electrons. The summed E-state index contributed by atoms with van der Waals surface area (Å²) >= 11 is 0. The fourth-order valence-corrected chi connectivity index (χ4v) is 4.49. The van der Waals surface area contributed by atoms with Crippen molar-refractivity contribution < 1.29 is 26.9 Å². The van der Waals surface area contributed by atoms with Gasteiger partial charge < -0.3 is 4.74 Å². The van der Waals surface area contributed by atoms with Crippen molar-refractivity contribution in [1.29, 1.82) is 0 Å². The molecule has 12 heteroatoms. The Morgan fingerprint density at radius 1 is 1.20 bits per heavy atom. The van der Waals surface area contributed by atoms with Gasteiger partial charge in [-0.3, -0.25) is 15.5 Å². The summed E-state index contributed by atoms with van der Waals surface area (Å²) in [6.07, 6.45) is 2.65. The van der Waals surface area contributed by atoms with Crippen LogP contribution in [-0.2, 0) is 10.0 Å². The Bertz CT molecular complexity index is 1060. The zero-order chi connectivity index (χ0) is 21.7. The standard InChI is InChI=1S/C18H18F2N4O5S/c19-18(20)29-17-6-2-1-5-13(17)12-21-22-15-8-7-14(11-16(15)24(25)26)30(27,28)23-9-3-4-10-23/h1-2,5-8,11-12,18,22H,3-4,9-10H2. The molecule has 1 heterocycles. The Morgan fingerprint density at radius 3 is 2.57 bits per heavy atom. The van der Waals surface area contributed by atoms with E-state index in [0.717, 1.165) is 25.1 Å². The smallest absolute Gasteiger partial charge is 0.387 e. The van der Waals surface area contributed by atoms with E-state index in [4.69, 9.17) is 0 Å². The molecule has 30 heavy (non-hydrogen) atoms. The van der Waals surface area contributed by atoms with Gasteiger partial charge in [-0.05, 0) is 37.1 Å². The Labute approximate surface area is 171 Å². The summed E-state index contributed by atoms with van der Waals surface area (Å²) in [4.78, 5) is 10.5. The third-order valence-electron chi connectivity index (χ3n) is 4.39. The second-order valence-electron chi connectivity index (χ2n) is 6.33. The predicted octanol–water partition coefficient (Wildman–Crippen LogP) is 3.43. The molecule has 0 atom stereocenters. The normalized spacial score (nSPS) is 15.0. The molecule has 0 aliphatic carbocycles. The monoisotopic (exact) mass is 440 g/mol. The van der Waals surface area contributed by atoms with E-state index >= 15 is 0 Å². The molecule has 0 amide bonds. The van der Waals surface area contributed by atoms with Gasteiger partial charge in [-0.2, -0.15) is 18.2 Å². The van der Waals surface area contributed by atoms with Crippen molar-refractivity contribution in [2.24, 2.45) is 5.10 Å². The number of para-hydroxylation sites is 1. The van der Waals surface area contributed by atoms with Gasteiger partial charge in [-0.15, -0.1) is 0 Å². The molecule has 2 aromatic rings. The minimum Gasteiger partial charge on any atom is -0.434 e. The molecule has 0 aromatic heterocycles. The number of alkyl halides is 2. The van der Waals surface area contributed by atoms with Crippen molar-refractivity contribution in [3.8, 4) is 5.75 Å². The second-order valence-corrected chi connectivity index (χ2v) is 8.27. The Hall–Kier alpha value is -3.12. The summed E-state index contributed by atoms with van der Waals surface area (Å²) < 4.78 is 55.8. The van der Waals surface area contributed by atoms with Crippen LogP contribution in [0.2, 0.25) is 0 Å². The molecule has 0 spiro atoms. The van der Waals surface area contributed by atoms with E-state index in [2.05, 4.69) is 15.3 Å². The van der Waals surface area contributed by atoms with Crippen LogP contribution >= 0.6 is 0 Å². The number of nitrogens with zero attached hydrogens (tertiary/aromatic N) is 3. The maximum absolute atomic E-state index is 12.6. The van der Waals surface area contributed by atoms with Gasteiger partial charge in [-0.25, -0.2) is 8.42 Å².